The van der Waals surface area contributed by atoms with Crippen molar-refractivity contribution in [2.24, 2.45) is 0 Å². The number of hydrogen-bond donors (Lipinski definition) is 2. The summed E-state index contributed by atoms with van der Waals surface area (Å²) in [6.07, 6.45) is 4.27. The van der Waals surface area contributed by atoms with Crippen molar-refractivity contribution in [1.82, 2.24) is 19.9 Å². The SMILES string of the molecule is CN1CCCC1COc1nc(N2CC3CC[C@@](C)(C2)[Si]N3)c2cc(F)c(-c3cc(O)cc4ccccc34)c(F)c2n1. The van der Waals surface area contributed by atoms with Crippen LogP contribution in [0.1, 0.15) is 32.6 Å². The van der Waals surface area contributed by atoms with Crippen LogP contribution in [0.3, 0.4) is 0 Å². The maximum absolute atomic E-state index is 16.6. The highest BCUT2D eigenvalue weighted by Crippen LogP contribution is 2.43. The zero-order valence-corrected chi connectivity index (χ0v) is 24.3. The van der Waals surface area contributed by atoms with Gasteiger partial charge in [0.15, 0.2) is 5.82 Å². The maximum Gasteiger partial charge on any atom is 0.319 e. The monoisotopic (exact) mass is 573 g/mol. The Hall–Kier alpha value is -3.34. The van der Waals surface area contributed by atoms with Crippen molar-refractivity contribution in [1.29, 1.82) is 0 Å². The first-order valence-electron chi connectivity index (χ1n) is 14.3. The molecule has 8 rings (SSSR count). The lowest BCUT2D eigenvalue weighted by molar-refractivity contribution is 0.188. The predicted molar refractivity (Wildman–Crippen MR) is 158 cm³/mol. The first-order valence-corrected chi connectivity index (χ1v) is 15.3. The average molecular weight is 574 g/mol. The van der Waals surface area contributed by atoms with Crippen molar-refractivity contribution in [3.05, 3.63) is 54.1 Å². The molecular weight excluding hydrogens is 540 g/mol. The quantitative estimate of drug-likeness (QED) is 0.315. The van der Waals surface area contributed by atoms with Gasteiger partial charge in [-0.05, 0) is 78.8 Å². The standard InChI is InChI=1S/C31H33F2N5O2Si/c1-31-10-9-19(36-41-31)15-38(17-31)29-24-14-25(32)26(23-13-21(39)12-18-6-3-4-8-22(18)23)27(33)28(24)34-30(35-29)40-16-20-7-5-11-37(20)2/h3-4,6,8,12-14,19-20,36,39H,5,7,9-11,15-17H2,1-2H3/t19?,20?,31-/m0/s1. The number of nitrogens with zero attached hydrogens (tertiary/aromatic N) is 4. The molecule has 0 spiro atoms. The molecule has 4 saturated heterocycles. The maximum atomic E-state index is 16.6. The molecule has 41 heavy (non-hydrogen) atoms. The van der Waals surface area contributed by atoms with Crippen LogP contribution in [0.25, 0.3) is 32.8 Å². The number of halogens is 2. The fourth-order valence-electron chi connectivity index (χ4n) is 6.65. The van der Waals surface area contributed by atoms with Gasteiger partial charge in [0.05, 0.1) is 5.56 Å². The van der Waals surface area contributed by atoms with Crippen molar-refractivity contribution in [3.8, 4) is 22.9 Å². The third kappa shape index (κ3) is 4.81. The van der Waals surface area contributed by atoms with Crippen LogP contribution in [0, 0.1) is 11.6 Å². The molecule has 1 aromatic heterocycles. The molecule has 3 aromatic carbocycles. The van der Waals surface area contributed by atoms with Gasteiger partial charge in [-0.15, -0.1) is 0 Å². The molecular formula is C31H33F2N5O2Si. The van der Waals surface area contributed by atoms with Crippen molar-refractivity contribution in [3.63, 3.8) is 0 Å². The summed E-state index contributed by atoms with van der Waals surface area (Å²) in [6.45, 7) is 5.10. The first-order chi connectivity index (χ1) is 19.8. The topological polar surface area (TPSA) is 73.8 Å². The van der Waals surface area contributed by atoms with E-state index in [4.69, 9.17) is 9.72 Å². The van der Waals surface area contributed by atoms with Crippen LogP contribution < -0.4 is 14.6 Å². The van der Waals surface area contributed by atoms with E-state index in [0.29, 0.717) is 44.8 Å². The number of benzene rings is 3. The van der Waals surface area contributed by atoms with Gasteiger partial charge in [0.1, 0.15) is 39.2 Å². The minimum Gasteiger partial charge on any atom is -0.508 e. The number of likely N-dealkylation sites (N-methyl/N-ethyl adjacent to an activating group) is 1. The number of hydrogen-bond acceptors (Lipinski definition) is 7. The van der Waals surface area contributed by atoms with Gasteiger partial charge in [0, 0.05) is 30.6 Å². The van der Waals surface area contributed by atoms with Crippen molar-refractivity contribution in [2.75, 3.05) is 38.2 Å². The smallest absolute Gasteiger partial charge is 0.319 e. The molecule has 3 atom stereocenters. The van der Waals surface area contributed by atoms with Crippen LogP contribution in [-0.2, 0) is 0 Å². The second kappa shape index (κ2) is 10.2. The summed E-state index contributed by atoms with van der Waals surface area (Å²) in [4.78, 5) is 17.4. The Kier molecular flexibility index (Phi) is 6.59. The lowest BCUT2D eigenvalue weighted by atomic mass is 9.95. The number of ether oxygens (including phenoxy) is 1. The van der Waals surface area contributed by atoms with Gasteiger partial charge in [-0.1, -0.05) is 31.2 Å². The molecule has 2 unspecified atom stereocenters. The van der Waals surface area contributed by atoms with E-state index in [1.807, 2.05) is 18.2 Å². The third-order valence-electron chi connectivity index (χ3n) is 8.94. The summed E-state index contributed by atoms with van der Waals surface area (Å²) in [6, 6.07) is 12.2. The number of phenols is 1. The average Bonchev–Trinajstić information content (AvgIpc) is 3.19. The third-order valence-corrected chi connectivity index (χ3v) is 10.5. The minimum absolute atomic E-state index is 0.0192. The summed E-state index contributed by atoms with van der Waals surface area (Å²) in [5.41, 5.74) is 0.0750. The van der Waals surface area contributed by atoms with Crippen LogP contribution in [0.5, 0.6) is 11.8 Å². The van der Waals surface area contributed by atoms with E-state index in [1.54, 1.807) is 12.1 Å². The summed E-state index contributed by atoms with van der Waals surface area (Å²) in [7, 11) is 2.69. The Bertz CT molecular complexity index is 1640. The van der Waals surface area contributed by atoms with Gasteiger partial charge in [0.2, 0.25) is 0 Å². The molecule has 0 saturated carbocycles. The molecule has 0 aliphatic carbocycles. The molecule has 10 heteroatoms. The highest BCUT2D eigenvalue weighted by Gasteiger charge is 2.40. The number of aromatic hydroxyl groups is 1. The van der Waals surface area contributed by atoms with Gasteiger partial charge in [-0.3, -0.25) is 0 Å². The lowest BCUT2D eigenvalue weighted by Crippen LogP contribution is -2.43. The fourth-order valence-corrected chi connectivity index (χ4v) is 7.97. The number of phenolic OH excluding ortho intramolecular Hbond substituents is 1. The van der Waals surface area contributed by atoms with E-state index < -0.39 is 11.6 Å². The lowest BCUT2D eigenvalue weighted by Gasteiger charge is -2.33. The molecule has 4 aromatic rings. The Morgan fingerprint density at radius 3 is 2.78 bits per heavy atom. The molecule has 212 valence electrons. The number of aromatic nitrogens is 2. The molecule has 4 aliphatic heterocycles. The zero-order valence-electron chi connectivity index (χ0n) is 23.3. The van der Waals surface area contributed by atoms with E-state index >= 15 is 8.78 Å². The van der Waals surface area contributed by atoms with Crippen LogP contribution in [0.2, 0.25) is 5.04 Å². The second-order valence-electron chi connectivity index (χ2n) is 12.0. The number of fused-ring (bicyclic) bond motifs is 6. The summed E-state index contributed by atoms with van der Waals surface area (Å²) >= 11 is 0. The molecule has 7 nitrogen and oxygen atoms in total. The van der Waals surface area contributed by atoms with Crippen molar-refractivity contribution >= 4 is 37.2 Å². The van der Waals surface area contributed by atoms with Crippen LogP contribution in [-0.4, -0.2) is 75.0 Å². The Morgan fingerprint density at radius 1 is 1.15 bits per heavy atom. The van der Waals surface area contributed by atoms with E-state index in [0.717, 1.165) is 38.8 Å². The Balaban J connectivity index is 1.40. The second-order valence-corrected chi connectivity index (χ2v) is 13.8. The molecule has 4 aliphatic rings. The minimum atomic E-state index is -0.786. The predicted octanol–water partition coefficient (Wildman–Crippen LogP) is 5.28. The van der Waals surface area contributed by atoms with Gasteiger partial charge < -0.3 is 24.6 Å². The van der Waals surface area contributed by atoms with Crippen LogP contribution in [0.15, 0.2) is 42.5 Å². The van der Waals surface area contributed by atoms with E-state index in [1.165, 1.54) is 12.1 Å². The number of anilines is 1. The zero-order chi connectivity index (χ0) is 28.3. The number of nitrogens with one attached hydrogen (secondary N) is 1. The largest absolute Gasteiger partial charge is 0.508 e. The highest BCUT2D eigenvalue weighted by atomic mass is 28.2. The summed E-state index contributed by atoms with van der Waals surface area (Å²) in [5.74, 6) is -1.07. The van der Waals surface area contributed by atoms with E-state index in [2.05, 4.69) is 33.7 Å². The van der Waals surface area contributed by atoms with Gasteiger partial charge >= 0.3 is 6.01 Å². The Morgan fingerprint density at radius 2 is 2.00 bits per heavy atom. The summed E-state index contributed by atoms with van der Waals surface area (Å²) in [5, 5.41) is 12.1. The molecule has 5 heterocycles. The molecule has 2 N–H and O–H groups in total. The van der Waals surface area contributed by atoms with Crippen molar-refractivity contribution < 1.29 is 18.6 Å². The number of likely N-dealkylation sites (tertiary alicyclic amines) is 1. The van der Waals surface area contributed by atoms with Gasteiger partial charge in [0.25, 0.3) is 0 Å². The molecule has 4 fully saturated rings. The summed E-state index contributed by atoms with van der Waals surface area (Å²) < 4.78 is 38.8. The number of rotatable bonds is 5. The molecule has 2 radical (unpaired) electrons. The van der Waals surface area contributed by atoms with Crippen LogP contribution >= 0.6 is 0 Å². The first kappa shape index (κ1) is 26.5. The van der Waals surface area contributed by atoms with Gasteiger partial charge in [-0.2, -0.15) is 9.97 Å². The Labute approximate surface area is 240 Å². The van der Waals surface area contributed by atoms with Crippen molar-refractivity contribution in [2.45, 2.75) is 49.7 Å². The fraction of sp³-hybridized carbons (Fsp3) is 0.419. The van der Waals surface area contributed by atoms with Gasteiger partial charge in [-0.25, -0.2) is 8.78 Å². The van der Waals surface area contributed by atoms with E-state index in [9.17, 15) is 5.11 Å². The highest BCUT2D eigenvalue weighted by molar-refractivity contribution is 6.37. The molecule has 2 bridgehead atoms. The normalized spacial score (nSPS) is 24.8. The van der Waals surface area contributed by atoms with Crippen LogP contribution in [0.4, 0.5) is 14.6 Å². The van der Waals surface area contributed by atoms with E-state index in [-0.39, 0.29) is 45.5 Å². The molecule has 0 amide bonds.